The molecule has 0 fully saturated rings. The second-order valence-electron chi connectivity index (χ2n) is 15.6. The lowest BCUT2D eigenvalue weighted by Crippen LogP contribution is -2.16. The number of hydrogen-bond donors (Lipinski definition) is 0. The Hall–Kier alpha value is -6.95. The van der Waals surface area contributed by atoms with Gasteiger partial charge in [0.1, 0.15) is 16.7 Å². The zero-order chi connectivity index (χ0) is 37.8. The van der Waals surface area contributed by atoms with Crippen LogP contribution in [0.2, 0.25) is 0 Å². The zero-order valence-corrected chi connectivity index (χ0v) is 32.1. The number of rotatable bonds is 5. The van der Waals surface area contributed by atoms with E-state index < -0.39 is 0 Å². The molecule has 0 bridgehead atoms. The molecule has 0 saturated carbocycles. The van der Waals surface area contributed by atoms with Crippen molar-refractivity contribution in [2.45, 2.75) is 19.3 Å². The Balaban J connectivity index is 0.958. The van der Waals surface area contributed by atoms with Crippen LogP contribution < -0.4 is 4.90 Å². The van der Waals surface area contributed by atoms with Gasteiger partial charge in [-0.2, -0.15) is 0 Å². The van der Waals surface area contributed by atoms with E-state index >= 15 is 0 Å². The van der Waals surface area contributed by atoms with Gasteiger partial charge in [0, 0.05) is 65.1 Å². The van der Waals surface area contributed by atoms with Crippen LogP contribution in [0.3, 0.4) is 0 Å². The first-order chi connectivity index (χ1) is 28.0. The summed E-state index contributed by atoms with van der Waals surface area (Å²) in [6, 6.07) is 60.9. The summed E-state index contributed by atoms with van der Waals surface area (Å²) in [6.07, 6.45) is 0. The third kappa shape index (κ3) is 4.95. The standard InChI is InChI=1S/C52H34N2O2S/c1-52(2)43-14-8-6-12-37(43)38-23-21-35(27-44(38)52)54(36-22-24-40-39-13-7-9-15-49(39)57-50(40)28-36)34-19-16-31(17-20-34)33-18-25-46-41(26-33)42-29-48-45(30-47(42)55-46)53-51(56-48)32-10-4-3-5-11-32/h3-30H,1-2H3. The maximum Gasteiger partial charge on any atom is 0.227 e. The normalized spacial score (nSPS) is 13.2. The lowest BCUT2D eigenvalue weighted by Gasteiger charge is -2.28. The molecule has 57 heavy (non-hydrogen) atoms. The first kappa shape index (κ1) is 32.3. The van der Waals surface area contributed by atoms with E-state index in [1.165, 1.54) is 42.4 Å². The number of oxazole rings is 1. The number of benzene rings is 8. The van der Waals surface area contributed by atoms with Crippen LogP contribution in [0.15, 0.2) is 179 Å². The Morgan fingerprint density at radius 1 is 0.456 bits per heavy atom. The van der Waals surface area contributed by atoms with Crippen molar-refractivity contribution >= 4 is 81.6 Å². The summed E-state index contributed by atoms with van der Waals surface area (Å²) in [5.41, 5.74) is 15.0. The molecule has 0 aliphatic heterocycles. The summed E-state index contributed by atoms with van der Waals surface area (Å²) >= 11 is 1.85. The van der Waals surface area contributed by atoms with E-state index in [0.29, 0.717) is 5.89 Å². The topological polar surface area (TPSA) is 42.4 Å². The first-order valence-electron chi connectivity index (χ1n) is 19.3. The number of fused-ring (bicyclic) bond motifs is 10. The molecule has 0 amide bonds. The molecule has 270 valence electrons. The molecular formula is C52H34N2O2S. The number of aromatic nitrogens is 1. The van der Waals surface area contributed by atoms with Crippen molar-refractivity contribution < 1.29 is 8.83 Å². The van der Waals surface area contributed by atoms with Crippen LogP contribution in [-0.4, -0.2) is 4.98 Å². The first-order valence-corrected chi connectivity index (χ1v) is 20.2. The van der Waals surface area contributed by atoms with E-state index in [2.05, 4.69) is 152 Å². The van der Waals surface area contributed by atoms with Crippen LogP contribution in [0, 0.1) is 0 Å². The molecule has 0 saturated heterocycles. The van der Waals surface area contributed by atoms with Crippen molar-refractivity contribution in [2.24, 2.45) is 0 Å². The van der Waals surface area contributed by atoms with E-state index in [9.17, 15) is 0 Å². The quantitative estimate of drug-likeness (QED) is 0.176. The van der Waals surface area contributed by atoms with Crippen LogP contribution in [-0.2, 0) is 5.41 Å². The molecule has 8 aromatic carbocycles. The highest BCUT2D eigenvalue weighted by Gasteiger charge is 2.35. The largest absolute Gasteiger partial charge is 0.456 e. The summed E-state index contributed by atoms with van der Waals surface area (Å²) in [5.74, 6) is 0.606. The zero-order valence-electron chi connectivity index (χ0n) is 31.3. The monoisotopic (exact) mass is 750 g/mol. The van der Waals surface area contributed by atoms with Crippen molar-refractivity contribution in [3.05, 3.63) is 181 Å². The van der Waals surface area contributed by atoms with E-state index in [4.69, 9.17) is 13.8 Å². The van der Waals surface area contributed by atoms with Gasteiger partial charge in [-0.15, -0.1) is 11.3 Å². The second kappa shape index (κ2) is 12.0. The van der Waals surface area contributed by atoms with E-state index in [1.54, 1.807) is 0 Å². The third-order valence-electron chi connectivity index (χ3n) is 11.9. The summed E-state index contributed by atoms with van der Waals surface area (Å²) in [4.78, 5) is 7.17. The van der Waals surface area contributed by atoms with Crippen LogP contribution in [0.4, 0.5) is 17.1 Å². The number of hydrogen-bond acceptors (Lipinski definition) is 5. The molecule has 0 atom stereocenters. The van der Waals surface area contributed by atoms with Crippen molar-refractivity contribution in [2.75, 3.05) is 4.90 Å². The fourth-order valence-electron chi connectivity index (χ4n) is 9.02. The third-order valence-corrected chi connectivity index (χ3v) is 13.0. The van der Waals surface area contributed by atoms with E-state index in [-0.39, 0.29) is 5.41 Å². The number of thiophene rings is 1. The fourth-order valence-corrected chi connectivity index (χ4v) is 10.2. The molecule has 5 heteroatoms. The Labute approximate surface area is 332 Å². The highest BCUT2D eigenvalue weighted by atomic mass is 32.1. The smallest absolute Gasteiger partial charge is 0.227 e. The molecule has 0 spiro atoms. The Morgan fingerprint density at radius 3 is 2.05 bits per heavy atom. The summed E-state index contributed by atoms with van der Waals surface area (Å²) < 4.78 is 15.2. The van der Waals surface area contributed by atoms with Crippen molar-refractivity contribution in [3.8, 4) is 33.7 Å². The Bertz CT molecular complexity index is 3390. The summed E-state index contributed by atoms with van der Waals surface area (Å²) in [5, 5.41) is 4.66. The number of anilines is 3. The maximum absolute atomic E-state index is 6.34. The van der Waals surface area contributed by atoms with E-state index in [1.807, 2.05) is 47.7 Å². The van der Waals surface area contributed by atoms with Gasteiger partial charge in [-0.1, -0.05) is 105 Å². The number of nitrogens with zero attached hydrogens (tertiary/aromatic N) is 2. The predicted octanol–water partition coefficient (Wildman–Crippen LogP) is 15.2. The van der Waals surface area contributed by atoms with Gasteiger partial charge >= 0.3 is 0 Å². The molecule has 0 unspecified atom stereocenters. The van der Waals surface area contributed by atoms with Gasteiger partial charge in [0.15, 0.2) is 5.58 Å². The van der Waals surface area contributed by atoms with Crippen LogP contribution in [0.25, 0.3) is 86.9 Å². The summed E-state index contributed by atoms with van der Waals surface area (Å²) in [7, 11) is 0. The number of furan rings is 1. The molecule has 1 aliphatic rings. The molecule has 0 N–H and O–H groups in total. The van der Waals surface area contributed by atoms with Gasteiger partial charge in [-0.25, -0.2) is 4.98 Å². The molecule has 0 radical (unpaired) electrons. The van der Waals surface area contributed by atoms with Gasteiger partial charge in [0.2, 0.25) is 5.89 Å². The highest BCUT2D eigenvalue weighted by Crippen LogP contribution is 2.51. The van der Waals surface area contributed by atoms with Crippen LogP contribution in [0.5, 0.6) is 0 Å². The van der Waals surface area contributed by atoms with E-state index in [0.717, 1.165) is 66.8 Å². The molecule has 3 aromatic heterocycles. The Morgan fingerprint density at radius 2 is 1.16 bits per heavy atom. The van der Waals surface area contributed by atoms with Crippen LogP contribution in [0.1, 0.15) is 25.0 Å². The lowest BCUT2D eigenvalue weighted by molar-refractivity contribution is 0.620. The molecular weight excluding hydrogens is 717 g/mol. The lowest BCUT2D eigenvalue weighted by atomic mass is 9.82. The highest BCUT2D eigenvalue weighted by molar-refractivity contribution is 7.25. The van der Waals surface area contributed by atoms with Gasteiger partial charge in [0.25, 0.3) is 0 Å². The Kier molecular flexibility index (Phi) is 6.82. The molecule has 1 aliphatic carbocycles. The minimum Gasteiger partial charge on any atom is -0.456 e. The minimum absolute atomic E-state index is 0.105. The molecule has 11 aromatic rings. The van der Waals surface area contributed by atoms with Crippen molar-refractivity contribution in [1.29, 1.82) is 0 Å². The van der Waals surface area contributed by atoms with Gasteiger partial charge < -0.3 is 13.7 Å². The van der Waals surface area contributed by atoms with Gasteiger partial charge in [-0.05, 0) is 106 Å². The minimum atomic E-state index is -0.105. The van der Waals surface area contributed by atoms with Gasteiger partial charge in [0.05, 0.1) is 0 Å². The maximum atomic E-state index is 6.34. The van der Waals surface area contributed by atoms with Gasteiger partial charge in [-0.3, -0.25) is 0 Å². The molecule has 4 nitrogen and oxygen atoms in total. The SMILES string of the molecule is CC1(C)c2ccccc2-c2ccc(N(c3ccc(-c4ccc5oc6cc7nc(-c8ccccc8)oc7cc6c5c4)cc3)c3ccc4c(c3)sc3ccccc34)cc21. The molecule has 3 heterocycles. The van der Waals surface area contributed by atoms with Crippen molar-refractivity contribution in [1.82, 2.24) is 4.98 Å². The second-order valence-corrected chi connectivity index (χ2v) is 16.7. The molecule has 12 rings (SSSR count). The fraction of sp³-hybridized carbons (Fsp3) is 0.0577. The average Bonchev–Trinajstić information content (AvgIpc) is 4.00. The predicted molar refractivity (Wildman–Crippen MR) is 237 cm³/mol. The van der Waals surface area contributed by atoms with Crippen LogP contribution >= 0.6 is 11.3 Å². The van der Waals surface area contributed by atoms with Crippen molar-refractivity contribution in [3.63, 3.8) is 0 Å². The average molecular weight is 751 g/mol. The summed E-state index contributed by atoms with van der Waals surface area (Å²) in [6.45, 7) is 4.69.